The highest BCUT2D eigenvalue weighted by Gasteiger charge is 2.29. The van der Waals surface area contributed by atoms with Crippen molar-refractivity contribution in [2.45, 2.75) is 25.7 Å². The number of nitrogens with two attached hydrogens (primary N) is 1. The van der Waals surface area contributed by atoms with Gasteiger partial charge in [-0.3, -0.25) is 9.78 Å². The van der Waals surface area contributed by atoms with Gasteiger partial charge in [-0.05, 0) is 37.4 Å². The molecule has 1 aliphatic carbocycles. The minimum Gasteiger partial charge on any atom is -0.330 e. The van der Waals surface area contributed by atoms with Crippen molar-refractivity contribution in [3.63, 3.8) is 0 Å². The molecule has 1 amide bonds. The zero-order valence-electron chi connectivity index (χ0n) is 12.1. The van der Waals surface area contributed by atoms with Gasteiger partial charge in [0.15, 0.2) is 0 Å². The van der Waals surface area contributed by atoms with Gasteiger partial charge in [0, 0.05) is 11.3 Å². The molecule has 1 fully saturated rings. The minimum absolute atomic E-state index is 0.0372. The van der Waals surface area contributed by atoms with E-state index in [0.29, 0.717) is 12.5 Å². The van der Waals surface area contributed by atoms with Crippen molar-refractivity contribution >= 4 is 22.5 Å². The summed E-state index contributed by atoms with van der Waals surface area (Å²) in [5, 5.41) is 4.05. The van der Waals surface area contributed by atoms with E-state index in [9.17, 15) is 4.79 Å². The second-order valence-electron chi connectivity index (χ2n) is 5.79. The number of benzene rings is 1. The lowest BCUT2D eigenvalue weighted by atomic mass is 9.78. The van der Waals surface area contributed by atoms with Gasteiger partial charge < -0.3 is 11.1 Å². The zero-order valence-corrected chi connectivity index (χ0v) is 12.1. The molecular formula is C17H21N3O. The topological polar surface area (TPSA) is 68.0 Å². The van der Waals surface area contributed by atoms with Crippen LogP contribution in [0.25, 0.3) is 10.9 Å². The fourth-order valence-corrected chi connectivity index (χ4v) is 3.21. The minimum atomic E-state index is 0.0372. The number of hydrogen-bond donors (Lipinski definition) is 2. The van der Waals surface area contributed by atoms with Crippen molar-refractivity contribution in [1.82, 2.24) is 4.98 Å². The second-order valence-corrected chi connectivity index (χ2v) is 5.79. The number of carbonyl (C=O) groups is 1. The van der Waals surface area contributed by atoms with E-state index in [-0.39, 0.29) is 11.8 Å². The van der Waals surface area contributed by atoms with E-state index in [0.717, 1.165) is 35.9 Å². The van der Waals surface area contributed by atoms with Gasteiger partial charge in [-0.15, -0.1) is 0 Å². The highest BCUT2D eigenvalue weighted by atomic mass is 16.1. The summed E-state index contributed by atoms with van der Waals surface area (Å²) in [5.41, 5.74) is 7.51. The van der Waals surface area contributed by atoms with E-state index in [1.807, 2.05) is 30.3 Å². The average molecular weight is 283 g/mol. The van der Waals surface area contributed by atoms with Crippen LogP contribution in [0.5, 0.6) is 0 Å². The molecule has 3 rings (SSSR count). The van der Waals surface area contributed by atoms with Crippen LogP contribution in [-0.2, 0) is 4.79 Å². The number of aromatic nitrogens is 1. The molecule has 21 heavy (non-hydrogen) atoms. The molecule has 110 valence electrons. The number of pyridine rings is 1. The Bertz CT molecular complexity index is 641. The molecule has 3 N–H and O–H groups in total. The molecular weight excluding hydrogens is 262 g/mol. The van der Waals surface area contributed by atoms with E-state index < -0.39 is 0 Å². The van der Waals surface area contributed by atoms with Crippen molar-refractivity contribution in [3.8, 4) is 0 Å². The molecule has 1 aromatic carbocycles. The number of hydrogen-bond acceptors (Lipinski definition) is 3. The van der Waals surface area contributed by atoms with Crippen molar-refractivity contribution in [1.29, 1.82) is 0 Å². The van der Waals surface area contributed by atoms with Gasteiger partial charge in [-0.25, -0.2) is 0 Å². The van der Waals surface area contributed by atoms with E-state index in [1.54, 1.807) is 6.20 Å². The molecule has 1 saturated carbocycles. The predicted octanol–water partition coefficient (Wildman–Crippen LogP) is 2.94. The molecule has 1 aliphatic rings. The van der Waals surface area contributed by atoms with Gasteiger partial charge in [0.05, 0.1) is 17.4 Å². The lowest BCUT2D eigenvalue weighted by molar-refractivity contribution is -0.122. The number of amides is 1. The average Bonchev–Trinajstić information content (AvgIpc) is 2.54. The maximum Gasteiger partial charge on any atom is 0.227 e. The van der Waals surface area contributed by atoms with Gasteiger partial charge in [0.2, 0.25) is 5.91 Å². The molecule has 0 bridgehead atoms. The van der Waals surface area contributed by atoms with E-state index in [2.05, 4.69) is 10.3 Å². The maximum atomic E-state index is 12.5. The second kappa shape index (κ2) is 6.22. The van der Waals surface area contributed by atoms with Gasteiger partial charge in [0.25, 0.3) is 0 Å². The summed E-state index contributed by atoms with van der Waals surface area (Å²) in [6.07, 6.45) is 6.02. The summed E-state index contributed by atoms with van der Waals surface area (Å²) in [5.74, 6) is 0.435. The number of nitrogens with one attached hydrogen (secondary N) is 1. The van der Waals surface area contributed by atoms with Crippen molar-refractivity contribution < 1.29 is 4.79 Å². The Balaban J connectivity index is 1.76. The Hall–Kier alpha value is -1.94. The van der Waals surface area contributed by atoms with Crippen LogP contribution < -0.4 is 11.1 Å². The fraction of sp³-hybridized carbons (Fsp3) is 0.412. The normalized spacial score (nSPS) is 22.1. The first-order valence-corrected chi connectivity index (χ1v) is 7.63. The monoisotopic (exact) mass is 283 g/mol. The maximum absolute atomic E-state index is 12.5. The first-order valence-electron chi connectivity index (χ1n) is 7.63. The van der Waals surface area contributed by atoms with Crippen molar-refractivity contribution in [2.75, 3.05) is 11.9 Å². The Labute approximate surface area is 124 Å². The van der Waals surface area contributed by atoms with Gasteiger partial charge in [-0.1, -0.05) is 31.0 Å². The molecule has 0 saturated heterocycles. The Morgan fingerprint density at radius 3 is 2.95 bits per heavy atom. The van der Waals surface area contributed by atoms with Crippen LogP contribution in [-0.4, -0.2) is 17.4 Å². The standard InChI is InChI=1S/C17H21N3O/c18-10-13-6-1-3-7-15(13)17(21)20-14-9-12-5-2-4-8-16(12)19-11-14/h2,4-5,8-9,11,13,15H,1,3,6-7,10,18H2,(H,20,21). The summed E-state index contributed by atoms with van der Waals surface area (Å²) in [7, 11) is 0. The molecule has 1 heterocycles. The van der Waals surface area contributed by atoms with Gasteiger partial charge >= 0.3 is 0 Å². The summed E-state index contributed by atoms with van der Waals surface area (Å²) < 4.78 is 0. The Morgan fingerprint density at radius 2 is 2.10 bits per heavy atom. The molecule has 1 aromatic heterocycles. The predicted molar refractivity (Wildman–Crippen MR) is 84.9 cm³/mol. The number of para-hydroxylation sites is 1. The Morgan fingerprint density at radius 1 is 1.29 bits per heavy atom. The summed E-state index contributed by atoms with van der Waals surface area (Å²) in [4.78, 5) is 16.9. The van der Waals surface area contributed by atoms with Crippen molar-refractivity contribution in [2.24, 2.45) is 17.6 Å². The van der Waals surface area contributed by atoms with E-state index >= 15 is 0 Å². The third-order valence-corrected chi connectivity index (χ3v) is 4.41. The van der Waals surface area contributed by atoms with Gasteiger partial charge in [0.1, 0.15) is 0 Å². The molecule has 2 aromatic rings. The number of fused-ring (bicyclic) bond motifs is 1. The Kier molecular flexibility index (Phi) is 4.15. The summed E-state index contributed by atoms with van der Waals surface area (Å²) in [6.45, 7) is 0.591. The van der Waals surface area contributed by atoms with Crippen LogP contribution in [0.1, 0.15) is 25.7 Å². The summed E-state index contributed by atoms with van der Waals surface area (Å²) >= 11 is 0. The molecule has 2 unspecified atom stereocenters. The van der Waals surface area contributed by atoms with E-state index in [1.165, 1.54) is 6.42 Å². The van der Waals surface area contributed by atoms with Gasteiger partial charge in [-0.2, -0.15) is 0 Å². The molecule has 2 atom stereocenters. The lowest BCUT2D eigenvalue weighted by Crippen LogP contribution is -2.35. The molecule has 4 nitrogen and oxygen atoms in total. The smallest absolute Gasteiger partial charge is 0.227 e. The molecule has 0 aliphatic heterocycles. The van der Waals surface area contributed by atoms with Crippen LogP contribution in [0.15, 0.2) is 36.5 Å². The largest absolute Gasteiger partial charge is 0.330 e. The number of nitrogens with zero attached hydrogens (tertiary/aromatic N) is 1. The molecule has 4 heteroatoms. The van der Waals surface area contributed by atoms with Crippen LogP contribution >= 0.6 is 0 Å². The third kappa shape index (κ3) is 3.05. The van der Waals surface area contributed by atoms with Crippen LogP contribution in [0.2, 0.25) is 0 Å². The van der Waals surface area contributed by atoms with Crippen LogP contribution in [0.4, 0.5) is 5.69 Å². The first-order chi connectivity index (χ1) is 10.3. The zero-order chi connectivity index (χ0) is 14.7. The molecule has 0 spiro atoms. The lowest BCUT2D eigenvalue weighted by Gasteiger charge is -2.29. The number of anilines is 1. The SMILES string of the molecule is NCC1CCCCC1C(=O)Nc1cnc2ccccc2c1. The summed E-state index contributed by atoms with van der Waals surface area (Å²) in [6, 6.07) is 9.87. The highest BCUT2D eigenvalue weighted by Crippen LogP contribution is 2.30. The third-order valence-electron chi connectivity index (χ3n) is 4.41. The van der Waals surface area contributed by atoms with Crippen molar-refractivity contribution in [3.05, 3.63) is 36.5 Å². The van der Waals surface area contributed by atoms with E-state index in [4.69, 9.17) is 5.73 Å². The van der Waals surface area contributed by atoms with Crippen LogP contribution in [0.3, 0.4) is 0 Å². The number of rotatable bonds is 3. The quantitative estimate of drug-likeness (QED) is 0.910. The highest BCUT2D eigenvalue weighted by molar-refractivity contribution is 5.94. The first kappa shape index (κ1) is 14.0. The number of carbonyl (C=O) groups excluding carboxylic acids is 1. The molecule has 0 radical (unpaired) electrons. The fourth-order valence-electron chi connectivity index (χ4n) is 3.21. The van der Waals surface area contributed by atoms with Crippen LogP contribution in [0, 0.1) is 11.8 Å².